The van der Waals surface area contributed by atoms with Crippen molar-refractivity contribution in [2.45, 2.75) is 64.7 Å². The van der Waals surface area contributed by atoms with E-state index in [2.05, 4.69) is 92.7 Å². The topological polar surface area (TPSA) is 52.6 Å². The first-order chi connectivity index (χ1) is 20.8. The Morgan fingerprint density at radius 1 is 0.628 bits per heavy atom. The van der Waals surface area contributed by atoms with Gasteiger partial charge in [-0.15, -0.1) is 0 Å². The zero-order chi connectivity index (χ0) is 30.1. The monoisotopic (exact) mass is 572 g/mol. The van der Waals surface area contributed by atoms with Crippen molar-refractivity contribution in [3.63, 3.8) is 0 Å². The summed E-state index contributed by atoms with van der Waals surface area (Å²) < 4.78 is 11.0. The molecule has 2 aliphatic rings. The van der Waals surface area contributed by atoms with Gasteiger partial charge in [0, 0.05) is 0 Å². The molecule has 0 spiro atoms. The summed E-state index contributed by atoms with van der Waals surface area (Å²) in [5, 5.41) is 0. The molecule has 0 radical (unpaired) electrons. The average Bonchev–Trinajstić information content (AvgIpc) is 3.30. The largest absolute Gasteiger partial charge is 0.469 e. The van der Waals surface area contributed by atoms with Gasteiger partial charge in [-0.1, -0.05) is 91.7 Å². The Morgan fingerprint density at radius 2 is 1.14 bits per heavy atom. The lowest BCUT2D eigenvalue weighted by molar-refractivity contribution is -0.146. The quantitative estimate of drug-likeness (QED) is 0.156. The molecule has 220 valence electrons. The minimum absolute atomic E-state index is 0.0627. The third-order valence-electron chi connectivity index (χ3n) is 9.79. The van der Waals surface area contributed by atoms with Crippen LogP contribution in [0.25, 0.3) is 11.1 Å². The molecule has 0 unspecified atom stereocenters. The number of hydrogen-bond acceptors (Lipinski definition) is 4. The summed E-state index contributed by atoms with van der Waals surface area (Å²) in [6.45, 7) is 6.37. The molecule has 0 bridgehead atoms. The first-order valence-electron chi connectivity index (χ1n) is 15.5. The molecule has 0 aliphatic heterocycles. The molecule has 0 amide bonds. The predicted octanol–water partition coefficient (Wildman–Crippen LogP) is 8.64. The molecule has 4 aromatic rings. The zero-order valence-electron chi connectivity index (χ0n) is 25.6. The molecule has 0 atom stereocenters. The number of esters is 2. The number of methoxy groups -OCH3 is 1. The standard InChI is InChI=1S/C39H40O4/c1-25-19-20-30(23-26(25)2)39(34-17-7-5-15-32(34)33-16-6-8-18-35(33)39)31-21-22-36(27(3)24-31)43-38(41)29-13-9-11-28(12-10-14-29)37(40)42-4/h5-8,15-24,28-29H,9-14H2,1-4H3. The third-order valence-corrected chi connectivity index (χ3v) is 9.79. The Balaban J connectivity index is 1.35. The number of ether oxygens (including phenoxy) is 2. The summed E-state index contributed by atoms with van der Waals surface area (Å²) in [4.78, 5) is 25.4. The van der Waals surface area contributed by atoms with Gasteiger partial charge in [-0.3, -0.25) is 9.59 Å². The molecule has 0 N–H and O–H groups in total. The zero-order valence-corrected chi connectivity index (χ0v) is 25.6. The van der Waals surface area contributed by atoms with Crippen LogP contribution in [-0.2, 0) is 19.7 Å². The number of aryl methyl sites for hydroxylation is 3. The summed E-state index contributed by atoms with van der Waals surface area (Å²) in [6.07, 6.45) is 4.60. The van der Waals surface area contributed by atoms with E-state index in [0.717, 1.165) is 49.7 Å². The van der Waals surface area contributed by atoms with E-state index in [9.17, 15) is 9.59 Å². The van der Waals surface area contributed by atoms with Crippen molar-refractivity contribution in [3.8, 4) is 16.9 Å². The van der Waals surface area contributed by atoms with Gasteiger partial charge in [-0.05, 0) is 103 Å². The van der Waals surface area contributed by atoms with E-state index in [1.54, 1.807) is 0 Å². The van der Waals surface area contributed by atoms with Gasteiger partial charge in [-0.25, -0.2) is 0 Å². The van der Waals surface area contributed by atoms with Crippen LogP contribution in [0.4, 0.5) is 0 Å². The third kappa shape index (κ3) is 5.07. The van der Waals surface area contributed by atoms with Crippen molar-refractivity contribution in [2.24, 2.45) is 11.8 Å². The van der Waals surface area contributed by atoms with E-state index in [-0.39, 0.29) is 23.8 Å². The van der Waals surface area contributed by atoms with Crippen LogP contribution in [0.2, 0.25) is 0 Å². The highest BCUT2D eigenvalue weighted by molar-refractivity contribution is 5.86. The van der Waals surface area contributed by atoms with E-state index < -0.39 is 5.41 Å². The molecule has 0 aromatic heterocycles. The van der Waals surface area contributed by atoms with Gasteiger partial charge in [0.1, 0.15) is 5.75 Å². The van der Waals surface area contributed by atoms with Gasteiger partial charge in [0.25, 0.3) is 0 Å². The van der Waals surface area contributed by atoms with Gasteiger partial charge in [0.15, 0.2) is 0 Å². The van der Waals surface area contributed by atoms with Crippen LogP contribution in [-0.4, -0.2) is 19.0 Å². The van der Waals surface area contributed by atoms with E-state index in [1.807, 2.05) is 13.0 Å². The molecule has 6 rings (SSSR count). The maximum absolute atomic E-state index is 13.4. The Morgan fingerprint density at radius 3 is 1.67 bits per heavy atom. The van der Waals surface area contributed by atoms with Crippen LogP contribution in [0.5, 0.6) is 5.75 Å². The summed E-state index contributed by atoms with van der Waals surface area (Å²) in [5.74, 6) is 0.0778. The van der Waals surface area contributed by atoms with Crippen LogP contribution in [0, 0.1) is 32.6 Å². The number of fused-ring (bicyclic) bond motifs is 3. The maximum atomic E-state index is 13.4. The fourth-order valence-electron chi connectivity index (χ4n) is 7.34. The van der Waals surface area contributed by atoms with Gasteiger partial charge < -0.3 is 9.47 Å². The number of carbonyl (C=O) groups is 2. The molecule has 4 aromatic carbocycles. The summed E-state index contributed by atoms with van der Waals surface area (Å²) in [5.41, 5.74) is 10.4. The van der Waals surface area contributed by atoms with Crippen LogP contribution in [0.1, 0.15) is 77.5 Å². The average molecular weight is 573 g/mol. The fourth-order valence-corrected chi connectivity index (χ4v) is 7.34. The number of rotatable bonds is 5. The van der Waals surface area contributed by atoms with Crippen LogP contribution in [0.3, 0.4) is 0 Å². The first-order valence-corrected chi connectivity index (χ1v) is 15.5. The van der Waals surface area contributed by atoms with Crippen molar-refractivity contribution in [2.75, 3.05) is 7.11 Å². The van der Waals surface area contributed by atoms with Crippen molar-refractivity contribution >= 4 is 11.9 Å². The van der Waals surface area contributed by atoms with Crippen molar-refractivity contribution in [1.82, 2.24) is 0 Å². The van der Waals surface area contributed by atoms with E-state index in [4.69, 9.17) is 9.47 Å². The molecule has 2 aliphatic carbocycles. The number of benzene rings is 4. The molecule has 4 heteroatoms. The second-order valence-corrected chi connectivity index (χ2v) is 12.3. The molecule has 0 heterocycles. The van der Waals surface area contributed by atoms with Crippen molar-refractivity contribution in [3.05, 3.63) is 124 Å². The van der Waals surface area contributed by atoms with Gasteiger partial charge >= 0.3 is 11.9 Å². The minimum atomic E-state index is -0.491. The van der Waals surface area contributed by atoms with Crippen molar-refractivity contribution in [1.29, 1.82) is 0 Å². The molecular weight excluding hydrogens is 532 g/mol. The van der Waals surface area contributed by atoms with Crippen molar-refractivity contribution < 1.29 is 19.1 Å². The second kappa shape index (κ2) is 11.8. The van der Waals surface area contributed by atoms with Crippen LogP contribution < -0.4 is 4.74 Å². The highest BCUT2D eigenvalue weighted by Gasteiger charge is 2.46. The maximum Gasteiger partial charge on any atom is 0.314 e. The molecule has 1 saturated carbocycles. The number of carbonyl (C=O) groups excluding carboxylic acids is 2. The highest BCUT2D eigenvalue weighted by atomic mass is 16.5. The van der Waals surface area contributed by atoms with Crippen LogP contribution >= 0.6 is 0 Å². The summed E-state index contributed by atoms with van der Waals surface area (Å²) in [6, 6.07) is 30.6. The van der Waals surface area contributed by atoms with Gasteiger partial charge in [0.05, 0.1) is 24.4 Å². The molecule has 1 fully saturated rings. The normalized spacial score (nSPS) is 19.0. The minimum Gasteiger partial charge on any atom is -0.469 e. The van der Waals surface area contributed by atoms with Gasteiger partial charge in [-0.2, -0.15) is 0 Å². The Labute approximate surface area is 255 Å². The molecular formula is C39H40O4. The van der Waals surface area contributed by atoms with Gasteiger partial charge in [0.2, 0.25) is 0 Å². The Bertz CT molecular complexity index is 1630. The molecule has 43 heavy (non-hydrogen) atoms. The second-order valence-electron chi connectivity index (χ2n) is 12.3. The smallest absolute Gasteiger partial charge is 0.314 e. The Kier molecular flexibility index (Phi) is 7.96. The number of hydrogen-bond donors (Lipinski definition) is 0. The Hall–Kier alpha value is -4.18. The summed E-state index contributed by atoms with van der Waals surface area (Å²) in [7, 11) is 1.45. The summed E-state index contributed by atoms with van der Waals surface area (Å²) >= 11 is 0. The van der Waals surface area contributed by atoms with E-state index in [0.29, 0.717) is 5.75 Å². The highest BCUT2D eigenvalue weighted by Crippen LogP contribution is 2.56. The molecule has 4 nitrogen and oxygen atoms in total. The van der Waals surface area contributed by atoms with E-state index in [1.165, 1.54) is 46.1 Å². The SMILES string of the molecule is COC(=O)C1CCCC(C(=O)Oc2ccc(C3(c4ccc(C)c(C)c4)c4ccccc4-c4ccccc43)cc2C)CCC1. The van der Waals surface area contributed by atoms with Crippen LogP contribution in [0.15, 0.2) is 84.9 Å². The molecule has 0 saturated heterocycles. The lowest BCUT2D eigenvalue weighted by Crippen LogP contribution is -2.29. The fraction of sp³-hybridized carbons (Fsp3) is 0.333. The lowest BCUT2D eigenvalue weighted by Gasteiger charge is -2.34. The van der Waals surface area contributed by atoms with E-state index >= 15 is 0 Å². The first kappa shape index (κ1) is 28.9. The lowest BCUT2D eigenvalue weighted by atomic mass is 9.67. The predicted molar refractivity (Wildman–Crippen MR) is 170 cm³/mol.